The topological polar surface area (TPSA) is 89.7 Å². The summed E-state index contributed by atoms with van der Waals surface area (Å²) < 4.78 is 16.1. The van der Waals surface area contributed by atoms with E-state index in [9.17, 15) is 4.79 Å². The molecule has 1 amide bonds. The number of rotatable bonds is 9. The molecule has 1 aliphatic heterocycles. The SMILES string of the molecule is COc1ccc(-c2noc(CN3CCC(C(=O)N[C@H](c4cccs4)C(C)C)CC3)n2)cc1OC. The maximum Gasteiger partial charge on any atom is 0.241 e. The summed E-state index contributed by atoms with van der Waals surface area (Å²) in [4.78, 5) is 21.0. The maximum atomic E-state index is 12.9. The van der Waals surface area contributed by atoms with Gasteiger partial charge in [-0.15, -0.1) is 11.3 Å². The Morgan fingerprint density at radius 2 is 1.97 bits per heavy atom. The first-order valence-electron chi connectivity index (χ1n) is 11.6. The quantitative estimate of drug-likeness (QED) is 0.477. The molecule has 34 heavy (non-hydrogen) atoms. The molecule has 1 aromatic carbocycles. The van der Waals surface area contributed by atoms with E-state index in [1.54, 1.807) is 25.6 Å². The summed E-state index contributed by atoms with van der Waals surface area (Å²) in [5.41, 5.74) is 0.800. The molecule has 4 rings (SSSR count). The van der Waals surface area contributed by atoms with Gasteiger partial charge in [0.15, 0.2) is 11.5 Å². The largest absolute Gasteiger partial charge is 0.493 e. The second kappa shape index (κ2) is 11.0. The summed E-state index contributed by atoms with van der Waals surface area (Å²) >= 11 is 1.69. The van der Waals surface area contributed by atoms with Crippen molar-refractivity contribution in [1.82, 2.24) is 20.4 Å². The number of thiophene rings is 1. The Labute approximate surface area is 204 Å². The Morgan fingerprint density at radius 3 is 2.62 bits per heavy atom. The van der Waals surface area contributed by atoms with Gasteiger partial charge in [0.1, 0.15) is 0 Å². The van der Waals surface area contributed by atoms with E-state index in [-0.39, 0.29) is 17.9 Å². The molecular formula is C25H32N4O4S. The van der Waals surface area contributed by atoms with Gasteiger partial charge in [0.05, 0.1) is 26.8 Å². The standard InChI is InChI=1S/C25H32N4O4S/c1-16(2)23(21-6-5-13-34-21)27-25(30)17-9-11-29(12-10-17)15-22-26-24(28-33-22)18-7-8-19(31-3)20(14-18)32-4/h5-8,13-14,16-17,23H,9-12,15H2,1-4H3,(H,27,30)/t23-/m0/s1. The number of piperidine rings is 1. The third-order valence-electron chi connectivity index (χ3n) is 6.24. The van der Waals surface area contributed by atoms with Gasteiger partial charge in [-0.05, 0) is 61.5 Å². The molecule has 3 aromatic rings. The van der Waals surface area contributed by atoms with Crippen LogP contribution in [0.5, 0.6) is 11.5 Å². The highest BCUT2D eigenvalue weighted by Gasteiger charge is 2.29. The summed E-state index contributed by atoms with van der Waals surface area (Å²) in [6.07, 6.45) is 1.63. The van der Waals surface area contributed by atoms with Gasteiger partial charge in [-0.3, -0.25) is 9.69 Å². The summed E-state index contributed by atoms with van der Waals surface area (Å²) in [6.45, 7) is 6.50. The predicted molar refractivity (Wildman–Crippen MR) is 131 cm³/mol. The second-order valence-corrected chi connectivity index (χ2v) is 9.86. The average molecular weight is 485 g/mol. The van der Waals surface area contributed by atoms with E-state index in [0.717, 1.165) is 31.5 Å². The molecule has 0 unspecified atom stereocenters. The van der Waals surface area contributed by atoms with Crippen LogP contribution in [0.2, 0.25) is 0 Å². The zero-order chi connectivity index (χ0) is 24.1. The van der Waals surface area contributed by atoms with E-state index in [1.165, 1.54) is 4.88 Å². The summed E-state index contributed by atoms with van der Waals surface area (Å²) in [5.74, 6) is 2.87. The van der Waals surface area contributed by atoms with Gasteiger partial charge in [0.2, 0.25) is 17.6 Å². The van der Waals surface area contributed by atoms with E-state index in [0.29, 0.717) is 35.7 Å². The van der Waals surface area contributed by atoms with Crippen LogP contribution in [0.1, 0.15) is 43.5 Å². The molecule has 8 nitrogen and oxygen atoms in total. The van der Waals surface area contributed by atoms with Gasteiger partial charge in [0.25, 0.3) is 0 Å². The number of nitrogens with one attached hydrogen (secondary N) is 1. The third kappa shape index (κ3) is 5.59. The van der Waals surface area contributed by atoms with Gasteiger partial charge in [-0.2, -0.15) is 4.98 Å². The van der Waals surface area contributed by atoms with Crippen molar-refractivity contribution in [3.05, 3.63) is 46.5 Å². The fourth-order valence-corrected chi connectivity index (χ4v) is 5.21. The van der Waals surface area contributed by atoms with Crippen molar-refractivity contribution >= 4 is 17.2 Å². The lowest BCUT2D eigenvalue weighted by Crippen LogP contribution is -2.42. The first-order chi connectivity index (χ1) is 16.5. The summed E-state index contributed by atoms with van der Waals surface area (Å²) in [5, 5.41) is 9.47. The number of hydrogen-bond donors (Lipinski definition) is 1. The van der Waals surface area contributed by atoms with Gasteiger partial charge < -0.3 is 19.3 Å². The molecule has 0 radical (unpaired) electrons. The van der Waals surface area contributed by atoms with Crippen LogP contribution in [0.15, 0.2) is 40.2 Å². The second-order valence-electron chi connectivity index (χ2n) is 8.88. The highest BCUT2D eigenvalue weighted by atomic mass is 32.1. The van der Waals surface area contributed by atoms with Gasteiger partial charge >= 0.3 is 0 Å². The minimum Gasteiger partial charge on any atom is -0.493 e. The van der Waals surface area contributed by atoms with Crippen molar-refractivity contribution in [1.29, 1.82) is 0 Å². The van der Waals surface area contributed by atoms with Crippen molar-refractivity contribution in [2.45, 2.75) is 39.3 Å². The van der Waals surface area contributed by atoms with Gasteiger partial charge in [0, 0.05) is 16.4 Å². The normalized spacial score (nSPS) is 15.9. The first-order valence-corrected chi connectivity index (χ1v) is 12.5. The molecule has 9 heteroatoms. The monoisotopic (exact) mass is 484 g/mol. The summed E-state index contributed by atoms with van der Waals surface area (Å²) in [6, 6.07) is 9.73. The van der Waals surface area contributed by atoms with E-state index in [2.05, 4.69) is 45.7 Å². The predicted octanol–water partition coefficient (Wildman–Crippen LogP) is 4.54. The van der Waals surface area contributed by atoms with Crippen molar-refractivity contribution in [2.75, 3.05) is 27.3 Å². The first kappa shape index (κ1) is 24.2. The Balaban J connectivity index is 1.31. The number of likely N-dealkylation sites (tertiary alicyclic amines) is 1. The molecule has 2 aromatic heterocycles. The van der Waals surface area contributed by atoms with E-state index in [1.807, 2.05) is 24.3 Å². The van der Waals surface area contributed by atoms with Crippen molar-refractivity contribution in [3.63, 3.8) is 0 Å². The zero-order valence-electron chi connectivity index (χ0n) is 20.1. The van der Waals surface area contributed by atoms with Crippen LogP contribution in [0.25, 0.3) is 11.4 Å². The number of ether oxygens (including phenoxy) is 2. The molecule has 0 spiro atoms. The number of benzene rings is 1. The van der Waals surface area contributed by atoms with Crippen LogP contribution in [0.4, 0.5) is 0 Å². The molecule has 1 aliphatic rings. The molecule has 1 fully saturated rings. The van der Waals surface area contributed by atoms with Gasteiger partial charge in [-0.25, -0.2) is 0 Å². The van der Waals surface area contributed by atoms with Crippen molar-refractivity contribution < 1.29 is 18.8 Å². The van der Waals surface area contributed by atoms with Crippen LogP contribution in [-0.4, -0.2) is 48.3 Å². The van der Waals surface area contributed by atoms with Crippen LogP contribution < -0.4 is 14.8 Å². The highest BCUT2D eigenvalue weighted by molar-refractivity contribution is 7.10. The molecule has 0 aliphatic carbocycles. The molecule has 182 valence electrons. The van der Waals surface area contributed by atoms with Crippen LogP contribution in [0, 0.1) is 11.8 Å². The van der Waals surface area contributed by atoms with Gasteiger partial charge in [-0.1, -0.05) is 25.1 Å². The Kier molecular flexibility index (Phi) is 7.84. The number of nitrogens with zero attached hydrogens (tertiary/aromatic N) is 3. The third-order valence-corrected chi connectivity index (χ3v) is 7.20. The van der Waals surface area contributed by atoms with E-state index in [4.69, 9.17) is 14.0 Å². The lowest BCUT2D eigenvalue weighted by Gasteiger charge is -2.31. The lowest BCUT2D eigenvalue weighted by molar-refractivity contribution is -0.127. The molecule has 0 bridgehead atoms. The minimum absolute atomic E-state index is 0.0301. The smallest absolute Gasteiger partial charge is 0.241 e. The number of amides is 1. The summed E-state index contributed by atoms with van der Waals surface area (Å²) in [7, 11) is 3.20. The van der Waals surface area contributed by atoms with Crippen molar-refractivity contribution in [2.24, 2.45) is 11.8 Å². The Morgan fingerprint density at radius 1 is 1.21 bits per heavy atom. The number of carbonyl (C=O) groups excluding carboxylic acids is 1. The van der Waals surface area contributed by atoms with Crippen molar-refractivity contribution in [3.8, 4) is 22.9 Å². The molecule has 1 atom stereocenters. The maximum absolute atomic E-state index is 12.9. The fraction of sp³-hybridized carbons (Fsp3) is 0.480. The Bertz CT molecular complexity index is 1070. The number of methoxy groups -OCH3 is 2. The van der Waals surface area contributed by atoms with E-state index >= 15 is 0 Å². The number of carbonyl (C=O) groups is 1. The van der Waals surface area contributed by atoms with E-state index < -0.39 is 0 Å². The average Bonchev–Trinajstić information content (AvgIpc) is 3.55. The zero-order valence-corrected chi connectivity index (χ0v) is 20.9. The molecule has 1 N–H and O–H groups in total. The highest BCUT2D eigenvalue weighted by Crippen LogP contribution is 2.31. The lowest BCUT2D eigenvalue weighted by atomic mass is 9.94. The molecular weight excluding hydrogens is 452 g/mol. The minimum atomic E-state index is 0.0301. The molecule has 3 heterocycles. The fourth-order valence-electron chi connectivity index (χ4n) is 4.26. The van der Waals surface area contributed by atoms with Crippen LogP contribution >= 0.6 is 11.3 Å². The van der Waals surface area contributed by atoms with Crippen LogP contribution in [-0.2, 0) is 11.3 Å². The molecule has 0 saturated carbocycles. The number of hydrogen-bond acceptors (Lipinski definition) is 8. The Hall–Kier alpha value is -2.91. The van der Waals surface area contributed by atoms with Crippen LogP contribution in [0.3, 0.4) is 0 Å². The molecule has 1 saturated heterocycles. The number of aromatic nitrogens is 2.